The molecule has 1 saturated heterocycles. The number of rotatable bonds is 6. The Bertz CT molecular complexity index is 372. The average molecular weight is 281 g/mol. The lowest BCUT2D eigenvalue weighted by Gasteiger charge is -2.35. The van der Waals surface area contributed by atoms with Crippen LogP contribution in [0.15, 0.2) is 0 Å². The van der Waals surface area contributed by atoms with Crippen LogP contribution in [0.1, 0.15) is 47.0 Å². The lowest BCUT2D eigenvalue weighted by molar-refractivity contribution is -0.132. The lowest BCUT2D eigenvalue weighted by atomic mass is 9.91. The fourth-order valence-corrected chi connectivity index (χ4v) is 3.54. The van der Waals surface area contributed by atoms with E-state index in [0.29, 0.717) is 11.8 Å². The molecule has 1 spiro atoms. The van der Waals surface area contributed by atoms with E-state index >= 15 is 0 Å². The molecule has 1 amide bonds. The summed E-state index contributed by atoms with van der Waals surface area (Å²) in [6.45, 7) is 10.8. The Morgan fingerprint density at radius 2 is 2.00 bits per heavy atom. The highest BCUT2D eigenvalue weighted by Crippen LogP contribution is 2.43. The Morgan fingerprint density at radius 1 is 1.40 bits per heavy atom. The van der Waals surface area contributed by atoms with E-state index in [1.807, 2.05) is 0 Å². The summed E-state index contributed by atoms with van der Waals surface area (Å²) in [6, 6.07) is 0. The molecule has 20 heavy (non-hydrogen) atoms. The van der Waals surface area contributed by atoms with E-state index < -0.39 is 0 Å². The molecule has 1 saturated carbocycles. The van der Waals surface area contributed by atoms with E-state index in [1.54, 1.807) is 0 Å². The van der Waals surface area contributed by atoms with E-state index in [9.17, 15) is 4.79 Å². The van der Waals surface area contributed by atoms with Gasteiger partial charge in [-0.3, -0.25) is 10.1 Å². The Morgan fingerprint density at radius 3 is 2.45 bits per heavy atom. The van der Waals surface area contributed by atoms with Crippen LogP contribution in [0.3, 0.4) is 0 Å². The number of hydrogen-bond acceptors (Lipinski definition) is 3. The molecule has 0 bridgehead atoms. The smallest absolute Gasteiger partial charge is 0.244 e. The molecule has 116 valence electrons. The van der Waals surface area contributed by atoms with Crippen LogP contribution < -0.4 is 5.32 Å². The SMILES string of the molecule is CC(C)CC1NC2(CC2)C(=O)N1CC(C)(C)CN(C)C. The number of carbonyl (C=O) groups excluding carboxylic acids is 1. The predicted molar refractivity (Wildman–Crippen MR) is 82.4 cm³/mol. The molecule has 2 rings (SSSR count). The maximum absolute atomic E-state index is 12.7. The minimum Gasteiger partial charge on any atom is -0.325 e. The van der Waals surface area contributed by atoms with Crippen molar-refractivity contribution in [2.24, 2.45) is 11.3 Å². The van der Waals surface area contributed by atoms with Gasteiger partial charge in [0.1, 0.15) is 0 Å². The monoisotopic (exact) mass is 281 g/mol. The van der Waals surface area contributed by atoms with Crippen LogP contribution >= 0.6 is 0 Å². The van der Waals surface area contributed by atoms with Crippen molar-refractivity contribution in [2.45, 2.75) is 58.7 Å². The molecule has 2 aliphatic rings. The third-order valence-electron chi connectivity index (χ3n) is 4.28. The van der Waals surface area contributed by atoms with Crippen LogP contribution in [0.2, 0.25) is 0 Å². The molecule has 1 N–H and O–H groups in total. The van der Waals surface area contributed by atoms with Gasteiger partial charge in [-0.1, -0.05) is 27.7 Å². The van der Waals surface area contributed by atoms with E-state index in [4.69, 9.17) is 0 Å². The molecular formula is C16H31N3O. The highest BCUT2D eigenvalue weighted by molar-refractivity contribution is 5.91. The van der Waals surface area contributed by atoms with Gasteiger partial charge in [-0.05, 0) is 44.7 Å². The minimum atomic E-state index is -0.187. The van der Waals surface area contributed by atoms with Crippen molar-refractivity contribution in [3.05, 3.63) is 0 Å². The minimum absolute atomic E-state index is 0.122. The summed E-state index contributed by atoms with van der Waals surface area (Å²) >= 11 is 0. The number of hydrogen-bond donors (Lipinski definition) is 1. The van der Waals surface area contributed by atoms with Crippen molar-refractivity contribution in [3.8, 4) is 0 Å². The first kappa shape index (κ1) is 15.8. The number of nitrogens with zero attached hydrogens (tertiary/aromatic N) is 2. The van der Waals surface area contributed by atoms with Gasteiger partial charge in [0.05, 0.1) is 11.7 Å². The van der Waals surface area contributed by atoms with Crippen molar-refractivity contribution in [3.63, 3.8) is 0 Å². The summed E-state index contributed by atoms with van der Waals surface area (Å²) in [6.07, 6.45) is 3.31. The van der Waals surface area contributed by atoms with Crippen molar-refractivity contribution in [1.29, 1.82) is 0 Å². The van der Waals surface area contributed by atoms with Gasteiger partial charge < -0.3 is 9.80 Å². The van der Waals surface area contributed by atoms with Crippen LogP contribution in [-0.2, 0) is 4.79 Å². The van der Waals surface area contributed by atoms with Crippen LogP contribution in [0.5, 0.6) is 0 Å². The third-order valence-corrected chi connectivity index (χ3v) is 4.28. The van der Waals surface area contributed by atoms with E-state index in [-0.39, 0.29) is 17.1 Å². The summed E-state index contributed by atoms with van der Waals surface area (Å²) in [7, 11) is 4.19. The van der Waals surface area contributed by atoms with Gasteiger partial charge in [-0.2, -0.15) is 0 Å². The van der Waals surface area contributed by atoms with Gasteiger partial charge in [-0.25, -0.2) is 0 Å². The standard InChI is InChI=1S/C16H31N3O/c1-12(2)9-13-17-16(7-8-16)14(20)19(13)11-15(3,4)10-18(5)6/h12-13,17H,7-11H2,1-6H3. The van der Waals surface area contributed by atoms with Crippen molar-refractivity contribution < 1.29 is 4.79 Å². The molecule has 0 radical (unpaired) electrons. The number of nitrogens with one attached hydrogen (secondary N) is 1. The second kappa shape index (κ2) is 5.30. The van der Waals surface area contributed by atoms with Gasteiger partial charge in [0, 0.05) is 13.1 Å². The van der Waals surface area contributed by atoms with Crippen molar-refractivity contribution in [1.82, 2.24) is 15.1 Å². The fourth-order valence-electron chi connectivity index (χ4n) is 3.54. The van der Waals surface area contributed by atoms with Gasteiger partial charge >= 0.3 is 0 Å². The maximum Gasteiger partial charge on any atom is 0.244 e. The Balaban J connectivity index is 2.08. The van der Waals surface area contributed by atoms with Gasteiger partial charge in [-0.15, -0.1) is 0 Å². The fraction of sp³-hybridized carbons (Fsp3) is 0.938. The number of carbonyl (C=O) groups is 1. The average Bonchev–Trinajstić information content (AvgIpc) is 2.98. The molecule has 0 aromatic carbocycles. The van der Waals surface area contributed by atoms with Crippen LogP contribution in [0.25, 0.3) is 0 Å². The molecule has 4 heteroatoms. The van der Waals surface area contributed by atoms with Gasteiger partial charge in [0.15, 0.2) is 0 Å². The molecule has 0 aromatic rings. The van der Waals surface area contributed by atoms with Crippen LogP contribution in [0.4, 0.5) is 0 Å². The molecule has 1 atom stereocenters. The van der Waals surface area contributed by atoms with E-state index in [1.165, 1.54) is 0 Å². The highest BCUT2D eigenvalue weighted by atomic mass is 16.2. The lowest BCUT2D eigenvalue weighted by Crippen LogP contribution is -2.46. The molecule has 1 aliphatic carbocycles. The normalized spacial score (nSPS) is 25.3. The zero-order chi connectivity index (χ0) is 15.1. The van der Waals surface area contributed by atoms with Gasteiger partial charge in [0.2, 0.25) is 5.91 Å². The summed E-state index contributed by atoms with van der Waals surface area (Å²) in [5.41, 5.74) is -0.0652. The first-order chi connectivity index (χ1) is 9.15. The van der Waals surface area contributed by atoms with E-state index in [0.717, 1.165) is 32.4 Å². The topological polar surface area (TPSA) is 35.6 Å². The summed E-state index contributed by atoms with van der Waals surface area (Å²) in [5.74, 6) is 0.948. The molecule has 1 heterocycles. The first-order valence-electron chi connectivity index (χ1n) is 7.89. The van der Waals surface area contributed by atoms with Crippen LogP contribution in [0, 0.1) is 11.3 Å². The molecule has 0 aromatic heterocycles. The zero-order valence-electron chi connectivity index (χ0n) is 14.0. The van der Waals surface area contributed by atoms with E-state index in [2.05, 4.69) is 56.9 Å². The summed E-state index contributed by atoms with van der Waals surface area (Å²) in [4.78, 5) is 17.0. The van der Waals surface area contributed by atoms with Crippen LogP contribution in [-0.4, -0.2) is 54.6 Å². The maximum atomic E-state index is 12.7. The molecule has 1 unspecified atom stereocenters. The molecular weight excluding hydrogens is 250 g/mol. The zero-order valence-corrected chi connectivity index (χ0v) is 14.0. The van der Waals surface area contributed by atoms with Gasteiger partial charge in [0.25, 0.3) is 0 Å². The molecule has 2 fully saturated rings. The Kier molecular flexibility index (Phi) is 4.18. The van der Waals surface area contributed by atoms with Crippen molar-refractivity contribution >= 4 is 5.91 Å². The molecule has 4 nitrogen and oxygen atoms in total. The largest absolute Gasteiger partial charge is 0.325 e. The second-order valence-electron chi connectivity index (χ2n) is 8.21. The highest BCUT2D eigenvalue weighted by Gasteiger charge is 2.59. The molecule has 1 aliphatic heterocycles. The summed E-state index contributed by atoms with van der Waals surface area (Å²) < 4.78 is 0. The quantitative estimate of drug-likeness (QED) is 0.808. The first-order valence-corrected chi connectivity index (χ1v) is 7.89. The number of amides is 1. The summed E-state index contributed by atoms with van der Waals surface area (Å²) in [5, 5.41) is 3.61. The Hall–Kier alpha value is -0.610. The Labute approximate surface area is 123 Å². The third kappa shape index (κ3) is 3.34. The van der Waals surface area contributed by atoms with Crippen molar-refractivity contribution in [2.75, 3.05) is 27.2 Å². The predicted octanol–water partition coefficient (Wildman–Crippen LogP) is 1.91. The second-order valence-corrected chi connectivity index (χ2v) is 8.21.